The van der Waals surface area contributed by atoms with Crippen LogP contribution in [0.15, 0.2) is 15.9 Å². The van der Waals surface area contributed by atoms with E-state index in [4.69, 9.17) is 5.84 Å². The second kappa shape index (κ2) is 5.40. The molecule has 0 radical (unpaired) electrons. The van der Waals surface area contributed by atoms with E-state index >= 15 is 0 Å². The van der Waals surface area contributed by atoms with Crippen LogP contribution >= 0.6 is 27.3 Å². The molecule has 0 aliphatic rings. The Hall–Kier alpha value is -0.340. The van der Waals surface area contributed by atoms with Crippen molar-refractivity contribution in [3.63, 3.8) is 0 Å². The Labute approximate surface area is 90.6 Å². The largest absolute Gasteiger partial charge is 0.271 e. The molecule has 1 aromatic heterocycles. The minimum absolute atomic E-state index is 0.142. The Morgan fingerprint density at radius 1 is 1.69 bits per heavy atom. The molecule has 0 amide bonds. The molecule has 1 atom stereocenters. The summed E-state index contributed by atoms with van der Waals surface area (Å²) in [5.74, 6) is 11.3. The molecule has 3 N–H and O–H groups in total. The van der Waals surface area contributed by atoms with Gasteiger partial charge in [0.15, 0.2) is 0 Å². The van der Waals surface area contributed by atoms with Gasteiger partial charge in [0.2, 0.25) is 0 Å². The first-order valence-electron chi connectivity index (χ1n) is 3.89. The van der Waals surface area contributed by atoms with Gasteiger partial charge < -0.3 is 0 Å². The third-order valence-corrected chi connectivity index (χ3v) is 3.36. The minimum Gasteiger partial charge on any atom is -0.271 e. The first-order valence-corrected chi connectivity index (χ1v) is 5.50. The summed E-state index contributed by atoms with van der Waals surface area (Å²) in [5, 5.41) is 0. The van der Waals surface area contributed by atoms with Crippen molar-refractivity contribution in [2.45, 2.75) is 19.4 Å². The van der Waals surface area contributed by atoms with Crippen molar-refractivity contribution in [2.75, 3.05) is 0 Å². The maximum absolute atomic E-state index is 5.43. The molecular formula is C9H11BrN2S. The molecule has 1 rings (SSSR count). The summed E-state index contributed by atoms with van der Waals surface area (Å²) < 4.78 is 1.12. The van der Waals surface area contributed by atoms with Crippen molar-refractivity contribution in [3.8, 4) is 11.8 Å². The lowest BCUT2D eigenvalue weighted by molar-refractivity contribution is 0.577. The lowest BCUT2D eigenvalue weighted by Gasteiger charge is -2.09. The van der Waals surface area contributed by atoms with Gasteiger partial charge in [0.25, 0.3) is 0 Å². The Kier molecular flexibility index (Phi) is 4.46. The monoisotopic (exact) mass is 258 g/mol. The van der Waals surface area contributed by atoms with Crippen LogP contribution in [0.25, 0.3) is 0 Å². The quantitative estimate of drug-likeness (QED) is 0.497. The van der Waals surface area contributed by atoms with Crippen molar-refractivity contribution in [1.29, 1.82) is 0 Å². The van der Waals surface area contributed by atoms with Gasteiger partial charge in [0, 0.05) is 11.3 Å². The molecule has 1 aromatic rings. The smallest absolute Gasteiger partial charge is 0.0702 e. The maximum Gasteiger partial charge on any atom is 0.0702 e. The molecule has 70 valence electrons. The second-order valence-corrected chi connectivity index (χ2v) is 4.99. The normalized spacial score (nSPS) is 11.9. The Bertz CT molecular complexity index is 324. The average molecular weight is 259 g/mol. The van der Waals surface area contributed by atoms with Crippen LogP contribution in [0, 0.1) is 11.8 Å². The molecule has 0 saturated carbocycles. The SMILES string of the molecule is CC#CCC(NN)c1ccc(Br)s1. The van der Waals surface area contributed by atoms with Gasteiger partial charge in [-0.05, 0) is 35.0 Å². The molecule has 0 saturated heterocycles. The van der Waals surface area contributed by atoms with Crippen LogP contribution in [0.2, 0.25) is 0 Å². The number of nitrogens with two attached hydrogens (primary N) is 1. The molecule has 0 aliphatic heterocycles. The summed E-state index contributed by atoms with van der Waals surface area (Å²) >= 11 is 5.09. The number of halogens is 1. The molecular weight excluding hydrogens is 248 g/mol. The first-order chi connectivity index (χ1) is 6.27. The van der Waals surface area contributed by atoms with E-state index in [1.165, 1.54) is 4.88 Å². The average Bonchev–Trinajstić information content (AvgIpc) is 2.54. The highest BCUT2D eigenvalue weighted by Gasteiger charge is 2.09. The van der Waals surface area contributed by atoms with Gasteiger partial charge in [0.1, 0.15) is 0 Å². The van der Waals surface area contributed by atoms with Crippen molar-refractivity contribution < 1.29 is 0 Å². The van der Waals surface area contributed by atoms with Gasteiger partial charge in [-0.15, -0.1) is 23.2 Å². The van der Waals surface area contributed by atoms with Crippen LogP contribution in [-0.4, -0.2) is 0 Å². The van der Waals surface area contributed by atoms with Crippen LogP contribution in [0.5, 0.6) is 0 Å². The van der Waals surface area contributed by atoms with Crippen molar-refractivity contribution in [3.05, 3.63) is 20.8 Å². The molecule has 0 aliphatic carbocycles. The summed E-state index contributed by atoms with van der Waals surface area (Å²) in [5.41, 5.74) is 2.75. The molecule has 1 unspecified atom stereocenters. The van der Waals surface area contributed by atoms with E-state index in [0.717, 1.165) is 10.2 Å². The van der Waals surface area contributed by atoms with Gasteiger partial charge in [-0.1, -0.05) is 0 Å². The number of hydrogen-bond donors (Lipinski definition) is 2. The Morgan fingerprint density at radius 2 is 2.46 bits per heavy atom. The van der Waals surface area contributed by atoms with Gasteiger partial charge in [0.05, 0.1) is 9.83 Å². The third kappa shape index (κ3) is 3.12. The zero-order valence-corrected chi connectivity index (χ0v) is 9.71. The molecule has 13 heavy (non-hydrogen) atoms. The third-order valence-electron chi connectivity index (χ3n) is 1.62. The van der Waals surface area contributed by atoms with E-state index in [1.54, 1.807) is 11.3 Å². The van der Waals surface area contributed by atoms with E-state index in [0.29, 0.717) is 0 Å². The van der Waals surface area contributed by atoms with Crippen molar-refractivity contribution in [1.82, 2.24) is 5.43 Å². The lowest BCUT2D eigenvalue weighted by atomic mass is 10.2. The number of hydrogen-bond acceptors (Lipinski definition) is 3. The first kappa shape index (κ1) is 10.7. The zero-order chi connectivity index (χ0) is 9.68. The fourth-order valence-corrected chi connectivity index (χ4v) is 2.45. The molecule has 0 spiro atoms. The van der Waals surface area contributed by atoms with Crippen molar-refractivity contribution >= 4 is 27.3 Å². The molecule has 0 aromatic carbocycles. The van der Waals surface area contributed by atoms with E-state index in [1.807, 2.05) is 13.0 Å². The number of hydrazine groups is 1. The summed E-state index contributed by atoms with van der Waals surface area (Å²) in [6.45, 7) is 1.83. The zero-order valence-electron chi connectivity index (χ0n) is 7.30. The van der Waals surface area contributed by atoms with E-state index < -0.39 is 0 Å². The highest BCUT2D eigenvalue weighted by molar-refractivity contribution is 9.11. The van der Waals surface area contributed by atoms with E-state index in [2.05, 4.69) is 39.3 Å². The Morgan fingerprint density at radius 3 is 2.92 bits per heavy atom. The van der Waals surface area contributed by atoms with Crippen LogP contribution in [0.3, 0.4) is 0 Å². The summed E-state index contributed by atoms with van der Waals surface area (Å²) in [4.78, 5) is 1.21. The van der Waals surface area contributed by atoms with Crippen LogP contribution in [0.4, 0.5) is 0 Å². The van der Waals surface area contributed by atoms with Crippen LogP contribution < -0.4 is 11.3 Å². The predicted octanol–water partition coefficient (Wildman–Crippen LogP) is 2.43. The Balaban J connectivity index is 2.70. The van der Waals surface area contributed by atoms with E-state index in [9.17, 15) is 0 Å². The fourth-order valence-electron chi connectivity index (χ4n) is 0.961. The number of thiophene rings is 1. The highest BCUT2D eigenvalue weighted by Crippen LogP contribution is 2.28. The van der Waals surface area contributed by atoms with Crippen molar-refractivity contribution in [2.24, 2.45) is 5.84 Å². The fraction of sp³-hybridized carbons (Fsp3) is 0.333. The molecule has 1 heterocycles. The summed E-state index contributed by atoms with van der Waals surface area (Å²) in [6.07, 6.45) is 0.750. The van der Waals surface area contributed by atoms with Gasteiger partial charge in [-0.2, -0.15) is 0 Å². The maximum atomic E-state index is 5.43. The molecule has 4 heteroatoms. The molecule has 0 bridgehead atoms. The topological polar surface area (TPSA) is 38.0 Å². The van der Waals surface area contributed by atoms with Crippen LogP contribution in [0.1, 0.15) is 24.3 Å². The lowest BCUT2D eigenvalue weighted by Crippen LogP contribution is -2.26. The van der Waals surface area contributed by atoms with Crippen LogP contribution in [-0.2, 0) is 0 Å². The second-order valence-electron chi connectivity index (χ2n) is 2.49. The highest BCUT2D eigenvalue weighted by atomic mass is 79.9. The van der Waals surface area contributed by atoms with E-state index in [-0.39, 0.29) is 6.04 Å². The van der Waals surface area contributed by atoms with Gasteiger partial charge >= 0.3 is 0 Å². The molecule has 2 nitrogen and oxygen atoms in total. The predicted molar refractivity (Wildman–Crippen MR) is 60.2 cm³/mol. The number of rotatable bonds is 3. The minimum atomic E-state index is 0.142. The van der Waals surface area contributed by atoms with Gasteiger partial charge in [-0.25, -0.2) is 0 Å². The summed E-state index contributed by atoms with van der Waals surface area (Å²) in [6, 6.07) is 4.21. The standard InChI is InChI=1S/C9H11BrN2S/c1-2-3-4-7(12-11)8-5-6-9(10)13-8/h5-7,12H,4,11H2,1H3. The molecule has 0 fully saturated rings. The number of nitrogens with one attached hydrogen (secondary N) is 1. The summed E-state index contributed by atoms with van der Waals surface area (Å²) in [7, 11) is 0. The van der Waals surface area contributed by atoms with Gasteiger partial charge in [-0.3, -0.25) is 11.3 Å².